The number of thiophene rings is 1. The van der Waals surface area contributed by atoms with Crippen LogP contribution in [0.25, 0.3) is 0 Å². The Kier molecular flexibility index (Phi) is 7.91. The highest BCUT2D eigenvalue weighted by Crippen LogP contribution is 2.31. The van der Waals surface area contributed by atoms with E-state index in [1.54, 1.807) is 0 Å². The molecule has 0 saturated carbocycles. The summed E-state index contributed by atoms with van der Waals surface area (Å²) in [5.74, 6) is 0.367. The molecule has 0 bridgehead atoms. The van der Waals surface area contributed by atoms with Gasteiger partial charge in [-0.3, -0.25) is 0 Å². The van der Waals surface area contributed by atoms with E-state index in [1.807, 2.05) is 78.9 Å². The van der Waals surface area contributed by atoms with Crippen LogP contribution in [0.3, 0.4) is 0 Å². The molecule has 5 nitrogen and oxygen atoms in total. The number of anilines is 2. The largest absolute Gasteiger partial charge is 0.489 e. The van der Waals surface area contributed by atoms with Crippen LogP contribution in [0.4, 0.5) is 10.7 Å². The number of benzene rings is 3. The molecule has 1 aromatic heterocycles. The second kappa shape index (κ2) is 11.4. The van der Waals surface area contributed by atoms with E-state index in [9.17, 15) is 4.79 Å². The van der Waals surface area contributed by atoms with E-state index in [1.165, 1.54) is 24.0 Å². The normalized spacial score (nSPS) is 10.4. The Morgan fingerprint density at radius 3 is 2.18 bits per heavy atom. The molecule has 0 saturated heterocycles. The third-order valence-electron chi connectivity index (χ3n) is 5.00. The van der Waals surface area contributed by atoms with Gasteiger partial charge in [0.25, 0.3) is 0 Å². The summed E-state index contributed by atoms with van der Waals surface area (Å²) < 4.78 is 10.8. The highest BCUT2D eigenvalue weighted by atomic mass is 32.1. The fraction of sp³-hybridized carbons (Fsp3) is 0.111. The summed E-state index contributed by atoms with van der Waals surface area (Å²) >= 11 is 6.97. The number of carbonyl (C=O) groups is 1. The van der Waals surface area contributed by atoms with E-state index in [-0.39, 0.29) is 0 Å². The molecule has 1 heterocycles. The number of hydrogen-bond acceptors (Lipinski definition) is 5. The predicted octanol–water partition coefficient (Wildman–Crippen LogP) is 6.51. The summed E-state index contributed by atoms with van der Waals surface area (Å²) in [6, 6.07) is 29.5. The van der Waals surface area contributed by atoms with E-state index < -0.39 is 5.97 Å². The van der Waals surface area contributed by atoms with Crippen molar-refractivity contribution in [3.63, 3.8) is 0 Å². The van der Waals surface area contributed by atoms with E-state index in [0.717, 1.165) is 28.3 Å². The first-order valence-electron chi connectivity index (χ1n) is 10.7. The summed E-state index contributed by atoms with van der Waals surface area (Å²) in [5.41, 5.74) is 3.55. The highest BCUT2D eigenvalue weighted by Gasteiger charge is 2.18. The molecule has 4 aromatic rings. The Morgan fingerprint density at radius 2 is 1.53 bits per heavy atom. The van der Waals surface area contributed by atoms with Gasteiger partial charge in [0, 0.05) is 17.0 Å². The SMILES string of the molecule is COC(=O)c1cc(Cc2ccccc2)sc1NC(=S)Nc1ccc(OCc2ccccc2)cc1. The Bertz CT molecular complexity index is 1240. The molecular formula is C27H24N2O3S2. The van der Waals surface area contributed by atoms with Crippen LogP contribution in [0.2, 0.25) is 0 Å². The zero-order valence-electron chi connectivity index (χ0n) is 18.6. The number of carbonyl (C=O) groups excluding carboxylic acids is 1. The molecule has 0 amide bonds. The molecule has 0 radical (unpaired) electrons. The van der Waals surface area contributed by atoms with Crippen molar-refractivity contribution in [2.24, 2.45) is 0 Å². The van der Waals surface area contributed by atoms with Gasteiger partial charge in [0.2, 0.25) is 0 Å². The number of nitrogens with one attached hydrogen (secondary N) is 2. The first-order chi connectivity index (χ1) is 16.6. The topological polar surface area (TPSA) is 59.6 Å². The van der Waals surface area contributed by atoms with Crippen LogP contribution < -0.4 is 15.4 Å². The fourth-order valence-corrected chi connectivity index (χ4v) is 4.69. The standard InChI is InChI=1S/C27H24N2O3S2/c1-31-26(30)24-17-23(16-19-8-4-2-5-9-19)34-25(24)29-27(33)28-21-12-14-22(15-13-21)32-18-20-10-6-3-7-11-20/h2-15,17H,16,18H2,1H3,(H2,28,29,33). The monoisotopic (exact) mass is 488 g/mol. The molecule has 0 aliphatic heterocycles. The molecule has 0 aliphatic rings. The molecule has 0 spiro atoms. The average molecular weight is 489 g/mol. The van der Waals surface area contributed by atoms with Crippen molar-refractivity contribution in [1.29, 1.82) is 0 Å². The predicted molar refractivity (Wildman–Crippen MR) is 142 cm³/mol. The Balaban J connectivity index is 1.38. The van der Waals surface area contributed by atoms with Crippen LogP contribution >= 0.6 is 23.6 Å². The summed E-state index contributed by atoms with van der Waals surface area (Å²) in [7, 11) is 1.37. The molecule has 0 fully saturated rings. The van der Waals surface area contributed by atoms with Gasteiger partial charge in [0.1, 0.15) is 17.4 Å². The Morgan fingerprint density at radius 1 is 0.882 bits per heavy atom. The quantitative estimate of drug-likeness (QED) is 0.218. The van der Waals surface area contributed by atoms with Gasteiger partial charge in [-0.25, -0.2) is 4.79 Å². The minimum absolute atomic E-state index is 0.385. The van der Waals surface area contributed by atoms with Crippen molar-refractivity contribution in [3.05, 3.63) is 113 Å². The number of thiocarbonyl (C=S) groups is 1. The number of rotatable bonds is 8. The van der Waals surface area contributed by atoms with Gasteiger partial charge in [-0.2, -0.15) is 0 Å². The van der Waals surface area contributed by atoms with Gasteiger partial charge >= 0.3 is 5.97 Å². The van der Waals surface area contributed by atoms with Crippen molar-refractivity contribution in [3.8, 4) is 5.75 Å². The maximum Gasteiger partial charge on any atom is 0.340 e. The molecule has 172 valence electrons. The molecule has 0 atom stereocenters. The Hall–Kier alpha value is -3.68. The molecule has 0 aliphatic carbocycles. The minimum Gasteiger partial charge on any atom is -0.489 e. The van der Waals surface area contributed by atoms with Crippen LogP contribution in [-0.2, 0) is 17.8 Å². The molecule has 4 rings (SSSR count). The first-order valence-corrected chi connectivity index (χ1v) is 11.9. The minimum atomic E-state index is -0.402. The lowest BCUT2D eigenvalue weighted by Gasteiger charge is -2.11. The van der Waals surface area contributed by atoms with Gasteiger partial charge in [0.15, 0.2) is 5.11 Å². The maximum absolute atomic E-state index is 12.3. The van der Waals surface area contributed by atoms with Crippen LogP contribution in [0.1, 0.15) is 26.4 Å². The van der Waals surface area contributed by atoms with Crippen molar-refractivity contribution >= 4 is 45.3 Å². The number of ether oxygens (including phenoxy) is 2. The van der Waals surface area contributed by atoms with Crippen LogP contribution in [-0.4, -0.2) is 18.2 Å². The van der Waals surface area contributed by atoms with Gasteiger partial charge in [-0.1, -0.05) is 60.7 Å². The number of esters is 1. The smallest absolute Gasteiger partial charge is 0.340 e. The van der Waals surface area contributed by atoms with Gasteiger partial charge in [-0.15, -0.1) is 11.3 Å². The zero-order chi connectivity index (χ0) is 23.8. The summed E-state index contributed by atoms with van der Waals surface area (Å²) in [4.78, 5) is 13.3. The highest BCUT2D eigenvalue weighted by molar-refractivity contribution is 7.80. The summed E-state index contributed by atoms with van der Waals surface area (Å²) in [6.07, 6.45) is 0.724. The third kappa shape index (κ3) is 6.43. The van der Waals surface area contributed by atoms with Gasteiger partial charge in [0.05, 0.1) is 12.7 Å². The van der Waals surface area contributed by atoms with E-state index >= 15 is 0 Å². The van der Waals surface area contributed by atoms with Crippen LogP contribution in [0.15, 0.2) is 91.0 Å². The first kappa shape index (κ1) is 23.5. The molecular weight excluding hydrogens is 464 g/mol. The van der Waals surface area contributed by atoms with Crippen LogP contribution in [0, 0.1) is 0 Å². The maximum atomic E-state index is 12.3. The van der Waals surface area contributed by atoms with E-state index in [2.05, 4.69) is 22.8 Å². The van der Waals surface area contributed by atoms with E-state index in [0.29, 0.717) is 22.3 Å². The number of hydrogen-bond donors (Lipinski definition) is 2. The van der Waals surface area contributed by atoms with Crippen molar-refractivity contribution < 1.29 is 14.3 Å². The third-order valence-corrected chi connectivity index (χ3v) is 6.25. The van der Waals surface area contributed by atoms with Gasteiger partial charge in [-0.05, 0) is 53.7 Å². The second-order valence-corrected chi connectivity index (χ2v) is 9.03. The van der Waals surface area contributed by atoms with Gasteiger partial charge < -0.3 is 20.1 Å². The zero-order valence-corrected chi connectivity index (χ0v) is 20.2. The summed E-state index contributed by atoms with van der Waals surface area (Å²) in [5, 5.41) is 7.34. The van der Waals surface area contributed by atoms with Crippen LogP contribution in [0.5, 0.6) is 5.75 Å². The molecule has 34 heavy (non-hydrogen) atoms. The van der Waals surface area contributed by atoms with Crippen molar-refractivity contribution in [2.75, 3.05) is 17.7 Å². The number of methoxy groups -OCH3 is 1. The lowest BCUT2D eigenvalue weighted by molar-refractivity contribution is 0.0602. The molecule has 2 N–H and O–H groups in total. The second-order valence-electron chi connectivity index (χ2n) is 7.49. The molecule has 3 aromatic carbocycles. The van der Waals surface area contributed by atoms with Crippen molar-refractivity contribution in [2.45, 2.75) is 13.0 Å². The summed E-state index contributed by atoms with van der Waals surface area (Å²) in [6.45, 7) is 0.508. The average Bonchev–Trinajstić information content (AvgIpc) is 3.26. The lowest BCUT2D eigenvalue weighted by Crippen LogP contribution is -2.19. The van der Waals surface area contributed by atoms with Crippen molar-refractivity contribution in [1.82, 2.24) is 0 Å². The molecule has 7 heteroatoms. The Labute approximate surface area is 208 Å². The molecule has 0 unspecified atom stereocenters. The lowest BCUT2D eigenvalue weighted by atomic mass is 10.1. The van der Waals surface area contributed by atoms with E-state index in [4.69, 9.17) is 21.7 Å². The fourth-order valence-electron chi connectivity index (χ4n) is 3.32.